The highest BCUT2D eigenvalue weighted by atomic mass is 35.5. The fourth-order valence-electron chi connectivity index (χ4n) is 1.55. The predicted octanol–water partition coefficient (Wildman–Crippen LogP) is 2.89. The summed E-state index contributed by atoms with van der Waals surface area (Å²) < 4.78 is 12.9. The summed E-state index contributed by atoms with van der Waals surface area (Å²) in [5, 5.41) is -0.0367. The van der Waals surface area contributed by atoms with Gasteiger partial charge in [-0.05, 0) is 24.1 Å². The fraction of sp³-hybridized carbons (Fsp3) is 0.417. The molecule has 0 saturated carbocycles. The minimum Gasteiger partial charge on any atom is -0.330 e. The van der Waals surface area contributed by atoms with Gasteiger partial charge in [0.15, 0.2) is 5.78 Å². The molecule has 0 aromatic heterocycles. The number of benzene rings is 1. The summed E-state index contributed by atoms with van der Waals surface area (Å²) in [4.78, 5) is 12.0. The molecule has 1 rings (SSSR count). The van der Waals surface area contributed by atoms with E-state index >= 15 is 0 Å². The van der Waals surface area contributed by atoms with E-state index in [-0.39, 0.29) is 29.2 Å². The molecule has 0 amide bonds. The van der Waals surface area contributed by atoms with Gasteiger partial charge in [0.25, 0.3) is 0 Å². The minimum absolute atomic E-state index is 0.0367. The molecule has 1 atom stereocenters. The van der Waals surface area contributed by atoms with E-state index < -0.39 is 5.82 Å². The average Bonchev–Trinajstić information content (AvgIpc) is 2.22. The van der Waals surface area contributed by atoms with Crippen LogP contribution in [0.25, 0.3) is 0 Å². The van der Waals surface area contributed by atoms with Crippen LogP contribution in [-0.2, 0) is 0 Å². The van der Waals surface area contributed by atoms with Gasteiger partial charge in [-0.15, -0.1) is 0 Å². The van der Waals surface area contributed by atoms with Crippen LogP contribution in [0.1, 0.15) is 24.2 Å². The SMILES string of the molecule is CC(C)C(CN)C(=O)c1ccc(F)c(Cl)c1. The standard InChI is InChI=1S/C12H15ClFNO/c1-7(2)9(6-15)12(16)8-3-4-11(14)10(13)5-8/h3-5,7,9H,6,15H2,1-2H3. The van der Waals surface area contributed by atoms with Gasteiger partial charge in [-0.2, -0.15) is 0 Å². The first kappa shape index (κ1) is 13.1. The summed E-state index contributed by atoms with van der Waals surface area (Å²) in [6, 6.07) is 3.99. The van der Waals surface area contributed by atoms with Crippen LogP contribution in [0, 0.1) is 17.7 Å². The van der Waals surface area contributed by atoms with E-state index in [9.17, 15) is 9.18 Å². The first-order valence-electron chi connectivity index (χ1n) is 5.16. The van der Waals surface area contributed by atoms with Gasteiger partial charge in [0.05, 0.1) is 5.02 Å². The Morgan fingerprint density at radius 1 is 1.50 bits per heavy atom. The smallest absolute Gasteiger partial charge is 0.167 e. The molecular weight excluding hydrogens is 229 g/mol. The van der Waals surface area contributed by atoms with Gasteiger partial charge < -0.3 is 5.73 Å². The molecule has 0 radical (unpaired) electrons. The van der Waals surface area contributed by atoms with Gasteiger partial charge >= 0.3 is 0 Å². The fourth-order valence-corrected chi connectivity index (χ4v) is 1.73. The molecule has 0 saturated heterocycles. The van der Waals surface area contributed by atoms with Crippen LogP contribution in [0.2, 0.25) is 5.02 Å². The molecular formula is C12H15ClFNO. The Hall–Kier alpha value is -0.930. The second-order valence-electron chi connectivity index (χ2n) is 4.08. The third-order valence-corrected chi connectivity index (χ3v) is 2.89. The Morgan fingerprint density at radius 2 is 2.12 bits per heavy atom. The maximum Gasteiger partial charge on any atom is 0.167 e. The Balaban J connectivity index is 2.99. The van der Waals surface area contributed by atoms with Crippen molar-refractivity contribution in [1.29, 1.82) is 0 Å². The lowest BCUT2D eigenvalue weighted by Gasteiger charge is -2.17. The van der Waals surface area contributed by atoms with Crippen LogP contribution in [0.3, 0.4) is 0 Å². The highest BCUT2D eigenvalue weighted by Gasteiger charge is 2.22. The van der Waals surface area contributed by atoms with Gasteiger partial charge in [0.1, 0.15) is 5.82 Å². The van der Waals surface area contributed by atoms with Gasteiger partial charge in [0, 0.05) is 18.0 Å². The molecule has 16 heavy (non-hydrogen) atoms. The number of carbonyl (C=O) groups excluding carboxylic acids is 1. The summed E-state index contributed by atoms with van der Waals surface area (Å²) in [7, 11) is 0. The van der Waals surface area contributed by atoms with Crippen LogP contribution >= 0.6 is 11.6 Å². The lowest BCUT2D eigenvalue weighted by atomic mass is 9.88. The molecule has 1 unspecified atom stereocenters. The summed E-state index contributed by atoms with van der Waals surface area (Å²) in [5.41, 5.74) is 5.96. The van der Waals surface area contributed by atoms with E-state index in [1.807, 2.05) is 13.8 Å². The zero-order chi connectivity index (χ0) is 12.3. The van der Waals surface area contributed by atoms with E-state index in [1.165, 1.54) is 18.2 Å². The van der Waals surface area contributed by atoms with E-state index in [1.54, 1.807) is 0 Å². The number of nitrogens with two attached hydrogens (primary N) is 1. The van der Waals surface area contributed by atoms with Gasteiger partial charge in [-0.1, -0.05) is 25.4 Å². The number of ketones is 1. The monoisotopic (exact) mass is 243 g/mol. The summed E-state index contributed by atoms with van der Waals surface area (Å²) in [6.45, 7) is 4.15. The predicted molar refractivity (Wildman–Crippen MR) is 63.1 cm³/mol. The maximum absolute atomic E-state index is 12.9. The topological polar surface area (TPSA) is 43.1 Å². The quantitative estimate of drug-likeness (QED) is 0.827. The molecule has 4 heteroatoms. The van der Waals surface area contributed by atoms with Crippen molar-refractivity contribution in [2.24, 2.45) is 17.6 Å². The molecule has 2 N–H and O–H groups in total. The zero-order valence-electron chi connectivity index (χ0n) is 9.34. The van der Waals surface area contributed by atoms with Crippen molar-refractivity contribution in [2.45, 2.75) is 13.8 Å². The minimum atomic E-state index is -0.521. The van der Waals surface area contributed by atoms with Crippen LogP contribution in [-0.4, -0.2) is 12.3 Å². The molecule has 1 aromatic carbocycles. The maximum atomic E-state index is 12.9. The summed E-state index contributed by atoms with van der Waals surface area (Å²) in [6.07, 6.45) is 0. The van der Waals surface area contributed by atoms with Gasteiger partial charge in [-0.3, -0.25) is 4.79 Å². The molecule has 0 aliphatic rings. The first-order chi connectivity index (χ1) is 7.47. The van der Waals surface area contributed by atoms with Crippen LogP contribution in [0.4, 0.5) is 4.39 Å². The molecule has 88 valence electrons. The third-order valence-electron chi connectivity index (χ3n) is 2.60. The molecule has 0 bridgehead atoms. The van der Waals surface area contributed by atoms with E-state index in [0.717, 1.165) is 0 Å². The highest BCUT2D eigenvalue weighted by molar-refractivity contribution is 6.31. The number of carbonyl (C=O) groups is 1. The van der Waals surface area contributed by atoms with Crippen molar-refractivity contribution in [2.75, 3.05) is 6.54 Å². The molecule has 0 heterocycles. The Kier molecular flexibility index (Phi) is 4.44. The van der Waals surface area contributed by atoms with Crippen molar-refractivity contribution in [3.63, 3.8) is 0 Å². The molecule has 0 aliphatic heterocycles. The van der Waals surface area contributed by atoms with E-state index in [2.05, 4.69) is 0 Å². The molecule has 0 spiro atoms. The average molecular weight is 244 g/mol. The van der Waals surface area contributed by atoms with E-state index in [0.29, 0.717) is 5.56 Å². The lowest BCUT2D eigenvalue weighted by molar-refractivity contribution is 0.0892. The number of hydrogen-bond acceptors (Lipinski definition) is 2. The molecule has 1 aromatic rings. The second kappa shape index (κ2) is 5.41. The van der Waals surface area contributed by atoms with Crippen molar-refractivity contribution >= 4 is 17.4 Å². The summed E-state index contributed by atoms with van der Waals surface area (Å²) in [5.74, 6) is -0.700. The second-order valence-corrected chi connectivity index (χ2v) is 4.49. The van der Waals surface area contributed by atoms with Crippen LogP contribution < -0.4 is 5.73 Å². The number of halogens is 2. The van der Waals surface area contributed by atoms with Crippen molar-refractivity contribution < 1.29 is 9.18 Å². The molecule has 0 fully saturated rings. The Morgan fingerprint density at radius 3 is 2.56 bits per heavy atom. The number of rotatable bonds is 4. The van der Waals surface area contributed by atoms with Crippen molar-refractivity contribution in [3.05, 3.63) is 34.6 Å². The van der Waals surface area contributed by atoms with Crippen molar-refractivity contribution in [3.8, 4) is 0 Å². The van der Waals surface area contributed by atoms with Gasteiger partial charge in [0.2, 0.25) is 0 Å². The Bertz CT molecular complexity index is 393. The molecule has 0 aliphatic carbocycles. The largest absolute Gasteiger partial charge is 0.330 e. The van der Waals surface area contributed by atoms with Crippen LogP contribution in [0.5, 0.6) is 0 Å². The zero-order valence-corrected chi connectivity index (χ0v) is 10.1. The van der Waals surface area contributed by atoms with Crippen molar-refractivity contribution in [1.82, 2.24) is 0 Å². The number of hydrogen-bond donors (Lipinski definition) is 1. The highest BCUT2D eigenvalue weighted by Crippen LogP contribution is 2.21. The van der Waals surface area contributed by atoms with Gasteiger partial charge in [-0.25, -0.2) is 4.39 Å². The summed E-state index contributed by atoms with van der Waals surface area (Å²) >= 11 is 5.63. The number of Topliss-reactive ketones (excluding diaryl/α,β-unsaturated/α-hetero) is 1. The Labute approximate surface area is 99.6 Å². The van der Waals surface area contributed by atoms with E-state index in [4.69, 9.17) is 17.3 Å². The van der Waals surface area contributed by atoms with Crippen LogP contribution in [0.15, 0.2) is 18.2 Å². The first-order valence-corrected chi connectivity index (χ1v) is 5.54. The third kappa shape index (κ3) is 2.80. The molecule has 2 nitrogen and oxygen atoms in total. The normalized spacial score (nSPS) is 12.9. The lowest BCUT2D eigenvalue weighted by Crippen LogP contribution is -2.28.